The Morgan fingerprint density at radius 3 is 2.52 bits per heavy atom. The number of nitrogens with one attached hydrogen (secondary N) is 2. The molecule has 2 aliphatic rings. The van der Waals surface area contributed by atoms with Crippen LogP contribution in [0.3, 0.4) is 0 Å². The molecule has 0 aliphatic carbocycles. The third-order valence-corrected chi connectivity index (χ3v) is 7.33. The highest BCUT2D eigenvalue weighted by Crippen LogP contribution is 2.37. The van der Waals surface area contributed by atoms with Crippen LogP contribution in [0.25, 0.3) is 0 Å². The Morgan fingerprint density at radius 1 is 1.28 bits per heavy atom. The first kappa shape index (κ1) is 20.0. The summed E-state index contributed by atoms with van der Waals surface area (Å²) >= 11 is 0. The van der Waals surface area contributed by atoms with Crippen LogP contribution >= 0.6 is 12.4 Å². The van der Waals surface area contributed by atoms with Gasteiger partial charge in [-0.2, -0.15) is 0 Å². The van der Waals surface area contributed by atoms with E-state index in [1.165, 1.54) is 0 Å². The molecule has 25 heavy (non-hydrogen) atoms. The maximum Gasteiger partial charge on any atom is 0.242 e. The fourth-order valence-corrected chi connectivity index (χ4v) is 4.88. The molecule has 1 fully saturated rings. The Bertz CT molecular complexity index is 773. The number of carbonyl (C=O) groups excluding carboxylic acids is 1. The molecule has 3 rings (SSSR count). The van der Waals surface area contributed by atoms with Gasteiger partial charge in [-0.3, -0.25) is 4.79 Å². The molecule has 1 saturated heterocycles. The molecule has 1 amide bonds. The third kappa shape index (κ3) is 3.37. The van der Waals surface area contributed by atoms with E-state index in [1.807, 2.05) is 26.0 Å². The minimum atomic E-state index is -3.51. The highest BCUT2D eigenvalue weighted by Gasteiger charge is 2.49. The average molecular weight is 389 g/mol. The first-order valence-electron chi connectivity index (χ1n) is 8.20. The summed E-state index contributed by atoms with van der Waals surface area (Å²) in [6, 6.07) is 3.64. The molecule has 2 heterocycles. The number of benzene rings is 1. The number of sulfone groups is 1. The van der Waals surface area contributed by atoms with E-state index in [-0.39, 0.29) is 18.4 Å². The number of fused-ring (bicyclic) bond motifs is 1. The molecule has 0 radical (unpaired) electrons. The Balaban J connectivity index is 0.00000225. The summed E-state index contributed by atoms with van der Waals surface area (Å²) in [5.74, 6) is 0.394. The van der Waals surface area contributed by atoms with E-state index in [1.54, 1.807) is 0 Å². The van der Waals surface area contributed by atoms with Crippen molar-refractivity contribution in [3.8, 4) is 5.75 Å². The summed E-state index contributed by atoms with van der Waals surface area (Å²) < 4.78 is 29.1. The van der Waals surface area contributed by atoms with Gasteiger partial charge in [-0.1, -0.05) is 12.1 Å². The van der Waals surface area contributed by atoms with Crippen molar-refractivity contribution in [2.45, 2.75) is 37.5 Å². The highest BCUT2D eigenvalue weighted by molar-refractivity contribution is 7.92. The number of ether oxygens (including phenoxy) is 1. The maximum atomic E-state index is 12.9. The maximum absolute atomic E-state index is 12.9. The second-order valence-corrected chi connectivity index (χ2v) is 9.11. The molecule has 1 aromatic rings. The van der Waals surface area contributed by atoms with Crippen LogP contribution in [-0.4, -0.2) is 45.0 Å². The number of aryl methyl sites for hydroxylation is 1. The van der Waals surface area contributed by atoms with E-state index in [0.29, 0.717) is 32.5 Å². The number of piperidine rings is 1. The lowest BCUT2D eigenvalue weighted by atomic mass is 9.94. The van der Waals surface area contributed by atoms with Crippen molar-refractivity contribution >= 4 is 28.2 Å². The van der Waals surface area contributed by atoms with Gasteiger partial charge in [0.15, 0.2) is 14.6 Å². The lowest BCUT2D eigenvalue weighted by Crippen LogP contribution is -2.57. The summed E-state index contributed by atoms with van der Waals surface area (Å²) in [6.45, 7) is 5.39. The molecule has 1 atom stereocenters. The zero-order valence-electron chi connectivity index (χ0n) is 14.7. The summed E-state index contributed by atoms with van der Waals surface area (Å²) in [5.41, 5.74) is 3.11. The van der Waals surface area contributed by atoms with Crippen LogP contribution in [-0.2, 0) is 14.6 Å². The molecular weight excluding hydrogens is 364 g/mol. The van der Waals surface area contributed by atoms with Crippen molar-refractivity contribution in [3.05, 3.63) is 28.8 Å². The van der Waals surface area contributed by atoms with Crippen molar-refractivity contribution in [2.24, 2.45) is 0 Å². The fraction of sp³-hybridized carbons (Fsp3) is 0.588. The van der Waals surface area contributed by atoms with Gasteiger partial charge in [-0.25, -0.2) is 8.42 Å². The topological polar surface area (TPSA) is 84.5 Å². The van der Waals surface area contributed by atoms with Gasteiger partial charge in [-0.15, -0.1) is 12.4 Å². The van der Waals surface area contributed by atoms with Gasteiger partial charge in [0.25, 0.3) is 0 Å². The Kier molecular flexibility index (Phi) is 5.71. The van der Waals surface area contributed by atoms with Crippen LogP contribution in [0.4, 0.5) is 0 Å². The Hall–Kier alpha value is -1.31. The van der Waals surface area contributed by atoms with Gasteiger partial charge in [-0.05, 0) is 50.9 Å². The van der Waals surface area contributed by atoms with Crippen molar-refractivity contribution in [1.29, 1.82) is 0 Å². The van der Waals surface area contributed by atoms with E-state index < -0.39 is 20.5 Å². The zero-order valence-corrected chi connectivity index (χ0v) is 16.4. The molecule has 2 aliphatic heterocycles. The summed E-state index contributed by atoms with van der Waals surface area (Å²) in [5, 5.41) is 6.05. The van der Waals surface area contributed by atoms with Gasteiger partial charge in [0, 0.05) is 11.8 Å². The van der Waals surface area contributed by atoms with Crippen LogP contribution in [0.5, 0.6) is 5.75 Å². The van der Waals surface area contributed by atoms with Crippen molar-refractivity contribution in [2.75, 3.05) is 26.0 Å². The molecule has 1 aromatic carbocycles. The molecule has 1 unspecified atom stereocenters. The van der Waals surface area contributed by atoms with Gasteiger partial charge in [0.05, 0.1) is 6.04 Å². The quantitative estimate of drug-likeness (QED) is 0.818. The predicted molar refractivity (Wildman–Crippen MR) is 99.2 cm³/mol. The second kappa shape index (κ2) is 7.13. The number of halogens is 1. The number of carbonyl (C=O) groups is 1. The molecule has 140 valence electrons. The summed E-state index contributed by atoms with van der Waals surface area (Å²) in [6.07, 6.45) is 1.75. The van der Waals surface area contributed by atoms with Crippen LogP contribution in [0, 0.1) is 13.8 Å². The van der Waals surface area contributed by atoms with E-state index in [0.717, 1.165) is 28.7 Å². The molecular formula is C17H25ClN2O4S. The number of hydrogen-bond acceptors (Lipinski definition) is 5. The minimum Gasteiger partial charge on any atom is -0.490 e. The molecule has 6 nitrogen and oxygen atoms in total. The lowest BCUT2D eigenvalue weighted by Gasteiger charge is -2.35. The lowest BCUT2D eigenvalue weighted by molar-refractivity contribution is -0.125. The zero-order chi connectivity index (χ0) is 17.5. The summed E-state index contributed by atoms with van der Waals surface area (Å²) in [7, 11) is -3.51. The first-order valence-corrected chi connectivity index (χ1v) is 10.1. The monoisotopic (exact) mass is 388 g/mol. The van der Waals surface area contributed by atoms with Gasteiger partial charge in [0.1, 0.15) is 12.4 Å². The van der Waals surface area contributed by atoms with Crippen LogP contribution in [0.1, 0.15) is 35.6 Å². The largest absolute Gasteiger partial charge is 0.490 e. The highest BCUT2D eigenvalue weighted by atomic mass is 35.5. The van der Waals surface area contributed by atoms with Crippen molar-refractivity contribution in [3.63, 3.8) is 0 Å². The van der Waals surface area contributed by atoms with Crippen LogP contribution in [0.15, 0.2) is 12.1 Å². The minimum absolute atomic E-state index is 0. The third-order valence-electron chi connectivity index (χ3n) is 5.32. The molecule has 8 heteroatoms. The summed E-state index contributed by atoms with van der Waals surface area (Å²) in [4.78, 5) is 12.9. The van der Waals surface area contributed by atoms with Gasteiger partial charge < -0.3 is 15.4 Å². The molecule has 2 N–H and O–H groups in total. The van der Waals surface area contributed by atoms with Gasteiger partial charge >= 0.3 is 0 Å². The SMILES string of the molecule is Cc1ccc2c(c1C)OCC2NC(=O)C1(S(C)(=O)=O)CCNCC1.Cl. The predicted octanol–water partition coefficient (Wildman–Crippen LogP) is 1.44. The van der Waals surface area contributed by atoms with Crippen LogP contribution < -0.4 is 15.4 Å². The number of hydrogen-bond donors (Lipinski definition) is 2. The second-order valence-electron chi connectivity index (χ2n) is 6.78. The van der Waals surface area contributed by atoms with Gasteiger partial charge in [0.2, 0.25) is 5.91 Å². The van der Waals surface area contributed by atoms with E-state index >= 15 is 0 Å². The fourth-order valence-electron chi connectivity index (χ4n) is 3.54. The molecule has 0 aromatic heterocycles. The molecule has 0 saturated carbocycles. The van der Waals surface area contributed by atoms with Crippen molar-refractivity contribution < 1.29 is 17.9 Å². The van der Waals surface area contributed by atoms with E-state index in [4.69, 9.17) is 4.74 Å². The number of rotatable bonds is 3. The Morgan fingerprint density at radius 2 is 1.92 bits per heavy atom. The molecule has 0 bridgehead atoms. The van der Waals surface area contributed by atoms with E-state index in [2.05, 4.69) is 10.6 Å². The normalized spacial score (nSPS) is 21.6. The number of amides is 1. The smallest absolute Gasteiger partial charge is 0.242 e. The average Bonchev–Trinajstić information content (AvgIpc) is 2.94. The van der Waals surface area contributed by atoms with E-state index in [9.17, 15) is 13.2 Å². The standard InChI is InChI=1S/C17H24N2O4S.ClH/c1-11-4-5-13-14(10-23-15(13)12(11)2)19-16(20)17(24(3,21)22)6-8-18-9-7-17;/h4-5,14,18H,6-10H2,1-3H3,(H,19,20);1H. The Labute approximate surface area is 155 Å². The molecule has 0 spiro atoms. The van der Waals surface area contributed by atoms with Crippen LogP contribution in [0.2, 0.25) is 0 Å². The first-order chi connectivity index (χ1) is 11.3. The van der Waals surface area contributed by atoms with Crippen molar-refractivity contribution in [1.82, 2.24) is 10.6 Å².